The molecule has 4 heterocycles. The first-order valence-corrected chi connectivity index (χ1v) is 9.99. The van der Waals surface area contributed by atoms with Crippen molar-refractivity contribution in [2.45, 2.75) is 29.0 Å². The summed E-state index contributed by atoms with van der Waals surface area (Å²) < 4.78 is 0. The molecule has 3 nitrogen and oxygen atoms in total. The Bertz CT molecular complexity index is 693. The Kier molecular flexibility index (Phi) is 3.64. The van der Waals surface area contributed by atoms with Gasteiger partial charge in [0.25, 0.3) is 0 Å². The fraction of sp³-hybridized carbons (Fsp3) is 0.500. The Balaban J connectivity index is 1.48. The van der Waals surface area contributed by atoms with Gasteiger partial charge in [0.15, 0.2) is 0 Å². The quantitative estimate of drug-likeness (QED) is 0.891. The number of anilines is 1. The highest BCUT2D eigenvalue weighted by molar-refractivity contribution is 8.00. The largest absolute Gasteiger partial charge is 0.508 e. The van der Waals surface area contributed by atoms with Gasteiger partial charge in [-0.2, -0.15) is 0 Å². The number of hydrogen-bond donors (Lipinski definition) is 1. The lowest BCUT2D eigenvalue weighted by atomic mass is 9.78. The van der Waals surface area contributed by atoms with Crippen LogP contribution in [0, 0.1) is 11.8 Å². The Labute approximate surface area is 148 Å². The maximum Gasteiger partial charge on any atom is 0.116 e. The molecule has 4 aliphatic heterocycles. The van der Waals surface area contributed by atoms with Crippen molar-refractivity contribution in [3.8, 4) is 5.75 Å². The summed E-state index contributed by atoms with van der Waals surface area (Å²) in [5.41, 5.74) is 1.30. The number of allylic oxidation sites excluding steroid dienone is 2. The van der Waals surface area contributed by atoms with Crippen molar-refractivity contribution in [1.82, 2.24) is 4.90 Å². The molecule has 2 bridgehead atoms. The van der Waals surface area contributed by atoms with Gasteiger partial charge in [-0.15, -0.1) is 11.8 Å². The van der Waals surface area contributed by atoms with Crippen molar-refractivity contribution < 1.29 is 5.11 Å². The molecule has 3 atom stereocenters. The van der Waals surface area contributed by atoms with Crippen molar-refractivity contribution in [2.24, 2.45) is 11.8 Å². The molecule has 1 aliphatic carbocycles. The standard InChI is InChI=1S/C20H24N2OS/c23-16-5-6-18-20(11-16)24-19-4-2-1-3-17(19)22(18)13-15-12-21-9-7-14(15)8-10-21/h1-6,11,14-15,17,19,23H,7-10,12-13H2. The van der Waals surface area contributed by atoms with E-state index in [0.29, 0.717) is 17.0 Å². The predicted molar refractivity (Wildman–Crippen MR) is 99.8 cm³/mol. The molecular formula is C20H24N2OS. The van der Waals surface area contributed by atoms with Gasteiger partial charge in [0.2, 0.25) is 0 Å². The van der Waals surface area contributed by atoms with Gasteiger partial charge in [-0.3, -0.25) is 0 Å². The van der Waals surface area contributed by atoms with Gasteiger partial charge in [-0.05, 0) is 56.0 Å². The minimum Gasteiger partial charge on any atom is -0.508 e. The van der Waals surface area contributed by atoms with E-state index in [1.807, 2.05) is 23.9 Å². The molecule has 0 amide bonds. The Morgan fingerprint density at radius 3 is 2.75 bits per heavy atom. The number of nitrogens with zero attached hydrogens (tertiary/aromatic N) is 2. The third kappa shape index (κ3) is 2.47. The van der Waals surface area contributed by atoms with Gasteiger partial charge in [0, 0.05) is 18.0 Å². The van der Waals surface area contributed by atoms with Gasteiger partial charge in [0.05, 0.1) is 17.0 Å². The minimum atomic E-state index is 0.373. The van der Waals surface area contributed by atoms with Crippen LogP contribution in [0.25, 0.3) is 0 Å². The molecule has 3 unspecified atom stereocenters. The highest BCUT2D eigenvalue weighted by Crippen LogP contribution is 2.46. The number of benzene rings is 1. The van der Waals surface area contributed by atoms with Crippen LogP contribution < -0.4 is 4.90 Å². The van der Waals surface area contributed by atoms with E-state index in [-0.39, 0.29) is 0 Å². The summed E-state index contributed by atoms with van der Waals surface area (Å²) in [6, 6.07) is 6.33. The first-order chi connectivity index (χ1) is 11.8. The average molecular weight is 340 g/mol. The molecule has 5 aliphatic rings. The molecule has 0 aromatic heterocycles. The Morgan fingerprint density at radius 2 is 1.96 bits per heavy atom. The number of hydrogen-bond acceptors (Lipinski definition) is 4. The third-order valence-corrected chi connectivity index (χ3v) is 7.44. The average Bonchev–Trinajstić information content (AvgIpc) is 2.62. The van der Waals surface area contributed by atoms with E-state index < -0.39 is 0 Å². The Hall–Kier alpha value is -1.39. The van der Waals surface area contributed by atoms with Crippen LogP contribution in [0.1, 0.15) is 12.8 Å². The molecule has 1 aromatic carbocycles. The summed E-state index contributed by atoms with van der Waals surface area (Å²) in [6.45, 7) is 5.00. The summed E-state index contributed by atoms with van der Waals surface area (Å²) in [6.07, 6.45) is 11.8. The van der Waals surface area contributed by atoms with E-state index in [0.717, 1.165) is 18.4 Å². The van der Waals surface area contributed by atoms with E-state index in [1.165, 1.54) is 43.1 Å². The maximum atomic E-state index is 9.91. The van der Waals surface area contributed by atoms with Gasteiger partial charge < -0.3 is 14.9 Å². The monoisotopic (exact) mass is 340 g/mol. The van der Waals surface area contributed by atoms with Gasteiger partial charge in [-0.1, -0.05) is 24.3 Å². The minimum absolute atomic E-state index is 0.373. The second-order valence-electron chi connectivity index (χ2n) is 7.55. The molecule has 3 saturated heterocycles. The number of rotatable bonds is 2. The van der Waals surface area contributed by atoms with Crippen molar-refractivity contribution in [3.05, 3.63) is 42.5 Å². The molecule has 126 valence electrons. The lowest BCUT2D eigenvalue weighted by molar-refractivity contribution is 0.0538. The van der Waals surface area contributed by atoms with Crippen molar-refractivity contribution >= 4 is 17.4 Å². The van der Waals surface area contributed by atoms with Gasteiger partial charge >= 0.3 is 0 Å². The van der Waals surface area contributed by atoms with Crippen LogP contribution >= 0.6 is 11.8 Å². The molecule has 1 aromatic rings. The van der Waals surface area contributed by atoms with Crippen molar-refractivity contribution in [2.75, 3.05) is 31.1 Å². The molecule has 0 radical (unpaired) electrons. The molecule has 0 saturated carbocycles. The van der Waals surface area contributed by atoms with Crippen LogP contribution in [0.5, 0.6) is 5.75 Å². The zero-order valence-corrected chi connectivity index (χ0v) is 14.7. The number of fused-ring (bicyclic) bond motifs is 5. The van der Waals surface area contributed by atoms with E-state index >= 15 is 0 Å². The summed E-state index contributed by atoms with van der Waals surface area (Å²) in [4.78, 5) is 6.48. The number of thioether (sulfide) groups is 1. The SMILES string of the molecule is Oc1ccc2c(c1)SC1C=CC=CC1N2CC1CN2CCC1CC2. The van der Waals surface area contributed by atoms with E-state index in [4.69, 9.17) is 0 Å². The molecule has 3 fully saturated rings. The maximum absolute atomic E-state index is 9.91. The Morgan fingerprint density at radius 1 is 1.12 bits per heavy atom. The third-order valence-electron chi connectivity index (χ3n) is 6.16. The van der Waals surface area contributed by atoms with Crippen LogP contribution in [-0.2, 0) is 0 Å². The summed E-state index contributed by atoms with van der Waals surface area (Å²) in [5, 5.41) is 10.4. The zero-order chi connectivity index (χ0) is 16.1. The predicted octanol–water partition coefficient (Wildman–Crippen LogP) is 3.51. The molecule has 4 heteroatoms. The highest BCUT2D eigenvalue weighted by Gasteiger charge is 2.39. The first-order valence-electron chi connectivity index (χ1n) is 9.11. The van der Waals surface area contributed by atoms with E-state index in [9.17, 15) is 5.11 Å². The lowest BCUT2D eigenvalue weighted by Crippen LogP contribution is -2.54. The number of piperidine rings is 3. The molecular weight excluding hydrogens is 316 g/mol. The summed E-state index contributed by atoms with van der Waals surface area (Å²) in [7, 11) is 0. The summed E-state index contributed by atoms with van der Waals surface area (Å²) in [5.74, 6) is 2.04. The number of aromatic hydroxyl groups is 1. The second-order valence-corrected chi connectivity index (χ2v) is 8.77. The molecule has 24 heavy (non-hydrogen) atoms. The highest BCUT2D eigenvalue weighted by atomic mass is 32.2. The number of phenolic OH excluding ortho intramolecular Hbond substituents is 1. The second kappa shape index (κ2) is 5.85. The van der Waals surface area contributed by atoms with Crippen molar-refractivity contribution in [1.29, 1.82) is 0 Å². The first kappa shape index (κ1) is 14.9. The van der Waals surface area contributed by atoms with E-state index in [1.54, 1.807) is 0 Å². The van der Waals surface area contributed by atoms with Crippen LogP contribution in [-0.4, -0.2) is 47.5 Å². The fourth-order valence-electron chi connectivity index (χ4n) is 4.87. The van der Waals surface area contributed by atoms with Crippen LogP contribution in [0.2, 0.25) is 0 Å². The lowest BCUT2D eigenvalue weighted by Gasteiger charge is -2.49. The topological polar surface area (TPSA) is 26.7 Å². The smallest absolute Gasteiger partial charge is 0.116 e. The van der Waals surface area contributed by atoms with Crippen LogP contribution in [0.3, 0.4) is 0 Å². The zero-order valence-electron chi connectivity index (χ0n) is 13.8. The molecule has 1 N–H and O–H groups in total. The number of phenols is 1. The molecule has 0 spiro atoms. The fourth-order valence-corrected chi connectivity index (χ4v) is 6.21. The summed E-state index contributed by atoms with van der Waals surface area (Å²) >= 11 is 1.89. The normalized spacial score (nSPS) is 36.5. The van der Waals surface area contributed by atoms with Gasteiger partial charge in [0.1, 0.15) is 5.75 Å². The molecule has 6 rings (SSSR count). The van der Waals surface area contributed by atoms with Crippen LogP contribution in [0.15, 0.2) is 47.4 Å². The van der Waals surface area contributed by atoms with Crippen molar-refractivity contribution in [3.63, 3.8) is 0 Å². The van der Waals surface area contributed by atoms with Crippen LogP contribution in [0.4, 0.5) is 5.69 Å². The van der Waals surface area contributed by atoms with E-state index in [2.05, 4.69) is 40.2 Å². The van der Waals surface area contributed by atoms with Gasteiger partial charge in [-0.25, -0.2) is 0 Å².